The van der Waals surface area contributed by atoms with Gasteiger partial charge in [0.25, 0.3) is 5.91 Å². The first-order valence-electron chi connectivity index (χ1n) is 12.7. The van der Waals surface area contributed by atoms with Crippen LogP contribution in [0.5, 0.6) is 0 Å². The van der Waals surface area contributed by atoms with Gasteiger partial charge in [0.15, 0.2) is 0 Å². The van der Waals surface area contributed by atoms with Gasteiger partial charge < -0.3 is 15.0 Å². The molecular formula is C29H24F6N4O2. The highest BCUT2D eigenvalue weighted by Crippen LogP contribution is 2.38. The first kappa shape index (κ1) is 28.3. The van der Waals surface area contributed by atoms with E-state index in [0.29, 0.717) is 44.0 Å². The third-order valence-corrected chi connectivity index (χ3v) is 6.78. The summed E-state index contributed by atoms with van der Waals surface area (Å²) in [6.45, 7) is 1.58. The summed E-state index contributed by atoms with van der Waals surface area (Å²) in [5, 5.41) is 4.14. The molecule has 1 aliphatic heterocycles. The van der Waals surface area contributed by atoms with Crippen molar-refractivity contribution in [3.63, 3.8) is 0 Å². The van der Waals surface area contributed by atoms with Crippen molar-refractivity contribution in [3.8, 4) is 11.3 Å². The molecule has 0 unspecified atom stereocenters. The number of ether oxygens (including phenoxy) is 1. The molecule has 41 heavy (non-hydrogen) atoms. The zero-order valence-electron chi connectivity index (χ0n) is 21.7. The van der Waals surface area contributed by atoms with Crippen LogP contribution in [0.3, 0.4) is 0 Å². The lowest BCUT2D eigenvalue weighted by Gasteiger charge is -2.28. The minimum atomic E-state index is -5.02. The fourth-order valence-electron chi connectivity index (χ4n) is 4.83. The molecule has 1 fully saturated rings. The van der Waals surface area contributed by atoms with E-state index in [4.69, 9.17) is 9.72 Å². The number of anilines is 1. The van der Waals surface area contributed by atoms with Gasteiger partial charge in [0.1, 0.15) is 0 Å². The molecule has 4 aromatic rings. The zero-order chi connectivity index (χ0) is 29.4. The van der Waals surface area contributed by atoms with Crippen molar-refractivity contribution in [2.45, 2.75) is 18.8 Å². The number of fused-ring (bicyclic) bond motifs is 1. The van der Waals surface area contributed by atoms with Gasteiger partial charge in [-0.15, -0.1) is 0 Å². The predicted octanol–water partition coefficient (Wildman–Crippen LogP) is 6.12. The van der Waals surface area contributed by atoms with E-state index in [0.717, 1.165) is 10.8 Å². The molecular weight excluding hydrogens is 550 g/mol. The summed E-state index contributed by atoms with van der Waals surface area (Å²) in [7, 11) is 1.38. The second kappa shape index (κ2) is 11.0. The van der Waals surface area contributed by atoms with E-state index in [-0.39, 0.29) is 34.5 Å². The van der Waals surface area contributed by atoms with Gasteiger partial charge >= 0.3 is 12.4 Å². The summed E-state index contributed by atoms with van der Waals surface area (Å²) >= 11 is 0. The van der Waals surface area contributed by atoms with Crippen LogP contribution in [0.4, 0.5) is 32.3 Å². The maximum absolute atomic E-state index is 13.6. The zero-order valence-corrected chi connectivity index (χ0v) is 21.7. The van der Waals surface area contributed by atoms with Crippen molar-refractivity contribution < 1.29 is 35.9 Å². The number of morpholine rings is 1. The third-order valence-electron chi connectivity index (χ3n) is 6.78. The molecule has 0 bridgehead atoms. The molecule has 214 valence electrons. The number of carbonyl (C=O) groups excluding carboxylic acids is 1. The minimum Gasteiger partial charge on any atom is -0.378 e. The number of carbonyl (C=O) groups is 1. The summed E-state index contributed by atoms with van der Waals surface area (Å²) < 4.78 is 87.0. The lowest BCUT2D eigenvalue weighted by Crippen LogP contribution is -2.38. The second-order valence-corrected chi connectivity index (χ2v) is 9.49. The van der Waals surface area contributed by atoms with Crippen LogP contribution in [0.25, 0.3) is 22.0 Å². The number of nitrogens with one attached hydrogen (secondary N) is 1. The summed E-state index contributed by atoms with van der Waals surface area (Å²) in [6, 6.07) is 14.2. The summed E-state index contributed by atoms with van der Waals surface area (Å²) in [6.07, 6.45) is -10.5. The molecule has 6 nitrogen and oxygen atoms in total. The van der Waals surface area contributed by atoms with Gasteiger partial charge in [-0.05, 0) is 34.5 Å². The fourth-order valence-corrected chi connectivity index (χ4v) is 4.83. The summed E-state index contributed by atoms with van der Waals surface area (Å²) in [5.74, 6) is -0.429. The van der Waals surface area contributed by atoms with Gasteiger partial charge in [0.2, 0.25) is 5.95 Å². The Bertz CT molecular complexity index is 1560. The highest BCUT2D eigenvalue weighted by molar-refractivity contribution is 6.05. The van der Waals surface area contributed by atoms with Crippen LogP contribution in [0.15, 0.2) is 60.7 Å². The average Bonchev–Trinajstić information content (AvgIpc) is 2.95. The highest BCUT2D eigenvalue weighted by Gasteiger charge is 2.37. The number of aromatic nitrogens is 2. The Morgan fingerprint density at radius 2 is 1.54 bits per heavy atom. The topological polar surface area (TPSA) is 67.4 Å². The van der Waals surface area contributed by atoms with Crippen LogP contribution in [-0.4, -0.2) is 49.2 Å². The number of benzene rings is 3. The first-order chi connectivity index (χ1) is 19.5. The lowest BCUT2D eigenvalue weighted by molar-refractivity contribution is -0.143. The largest absolute Gasteiger partial charge is 0.416 e. The van der Waals surface area contributed by atoms with Crippen molar-refractivity contribution in [3.05, 3.63) is 88.6 Å². The monoisotopic (exact) mass is 574 g/mol. The molecule has 0 radical (unpaired) electrons. The highest BCUT2D eigenvalue weighted by atomic mass is 19.4. The van der Waals surface area contributed by atoms with Gasteiger partial charge in [0, 0.05) is 32.1 Å². The minimum absolute atomic E-state index is 0.00350. The maximum atomic E-state index is 13.6. The Morgan fingerprint density at radius 3 is 2.17 bits per heavy atom. The molecule has 0 spiro atoms. The molecule has 0 atom stereocenters. The van der Waals surface area contributed by atoms with Gasteiger partial charge in [-0.25, -0.2) is 9.97 Å². The van der Waals surface area contributed by atoms with Crippen LogP contribution < -0.4 is 10.2 Å². The summed E-state index contributed by atoms with van der Waals surface area (Å²) in [5.41, 5.74) is -2.44. The number of halogens is 6. The van der Waals surface area contributed by atoms with Gasteiger partial charge in [0.05, 0.1) is 41.3 Å². The molecule has 2 heterocycles. The van der Waals surface area contributed by atoms with Crippen LogP contribution in [0.2, 0.25) is 0 Å². The molecule has 1 saturated heterocycles. The van der Waals surface area contributed by atoms with Crippen molar-refractivity contribution in [1.29, 1.82) is 0 Å². The van der Waals surface area contributed by atoms with E-state index in [2.05, 4.69) is 10.3 Å². The standard InChI is InChI=1S/C29H24F6N4O2/c1-36-26(40)24-23(15-17-13-19(28(30,31)32)16-20(14-17)29(33,34)35)37-27(39-9-11-41-12-10-39)38-25(24)22-8-4-6-18-5-2-3-7-21(18)22/h2-8,13-14,16H,9-12,15H2,1H3,(H,36,40). The third kappa shape index (κ3) is 5.97. The Labute approximate surface area is 231 Å². The molecule has 1 aromatic heterocycles. The van der Waals surface area contributed by atoms with Gasteiger partial charge in [-0.3, -0.25) is 4.79 Å². The molecule has 5 rings (SSSR count). The normalized spacial score (nSPS) is 14.4. The molecule has 1 N–H and O–H groups in total. The molecule has 1 amide bonds. The van der Waals surface area contributed by atoms with E-state index in [1.807, 2.05) is 35.2 Å². The van der Waals surface area contributed by atoms with E-state index < -0.39 is 35.8 Å². The van der Waals surface area contributed by atoms with Crippen LogP contribution >= 0.6 is 0 Å². The van der Waals surface area contributed by atoms with Crippen LogP contribution in [0.1, 0.15) is 32.7 Å². The molecule has 3 aromatic carbocycles. The van der Waals surface area contributed by atoms with E-state index >= 15 is 0 Å². The number of hydrogen-bond donors (Lipinski definition) is 1. The van der Waals surface area contributed by atoms with Crippen molar-refractivity contribution in [2.75, 3.05) is 38.3 Å². The van der Waals surface area contributed by atoms with Gasteiger partial charge in [-0.1, -0.05) is 42.5 Å². The van der Waals surface area contributed by atoms with Crippen LogP contribution in [-0.2, 0) is 23.5 Å². The Kier molecular flexibility index (Phi) is 7.60. The number of hydrogen-bond acceptors (Lipinski definition) is 5. The SMILES string of the molecule is CNC(=O)c1c(Cc2cc(C(F)(F)F)cc(C(F)(F)F)c2)nc(N2CCOCC2)nc1-c1cccc2ccccc12. The fraction of sp³-hybridized carbons (Fsp3) is 0.276. The van der Waals surface area contributed by atoms with E-state index in [1.165, 1.54) is 7.05 Å². The quantitative estimate of drug-likeness (QED) is 0.291. The Hall–Kier alpha value is -4.19. The molecule has 0 aliphatic carbocycles. The summed E-state index contributed by atoms with van der Waals surface area (Å²) in [4.78, 5) is 24.4. The number of nitrogens with zero attached hydrogens (tertiary/aromatic N) is 3. The number of amides is 1. The predicted molar refractivity (Wildman–Crippen MR) is 141 cm³/mol. The van der Waals surface area contributed by atoms with Crippen molar-refractivity contribution in [2.24, 2.45) is 0 Å². The van der Waals surface area contributed by atoms with Gasteiger partial charge in [-0.2, -0.15) is 26.3 Å². The molecule has 12 heteroatoms. The van der Waals surface area contributed by atoms with Crippen molar-refractivity contribution >= 4 is 22.6 Å². The number of rotatable bonds is 5. The lowest BCUT2D eigenvalue weighted by atomic mass is 9.94. The second-order valence-electron chi connectivity index (χ2n) is 9.49. The molecule has 0 saturated carbocycles. The number of alkyl halides is 6. The smallest absolute Gasteiger partial charge is 0.378 e. The van der Waals surface area contributed by atoms with E-state index in [1.54, 1.807) is 12.1 Å². The first-order valence-corrected chi connectivity index (χ1v) is 12.7. The maximum Gasteiger partial charge on any atom is 0.416 e. The van der Waals surface area contributed by atoms with Crippen LogP contribution in [0, 0.1) is 0 Å². The van der Waals surface area contributed by atoms with Crippen molar-refractivity contribution in [1.82, 2.24) is 15.3 Å². The Morgan fingerprint density at radius 1 is 0.902 bits per heavy atom. The van der Waals surface area contributed by atoms with E-state index in [9.17, 15) is 31.1 Å². The Balaban J connectivity index is 1.77. The molecule has 1 aliphatic rings. The average molecular weight is 575 g/mol.